The van der Waals surface area contributed by atoms with E-state index in [1.165, 1.54) is 11.3 Å². The number of hydrogen-bond acceptors (Lipinski definition) is 5. The molecular formula is C13H17N3O2S2. The normalized spacial score (nSPS) is 13.3. The van der Waals surface area contributed by atoms with Crippen LogP contribution in [0.1, 0.15) is 23.4 Å². The van der Waals surface area contributed by atoms with Crippen molar-refractivity contribution in [3.8, 4) is 0 Å². The molecule has 7 heteroatoms. The first-order valence-electron chi connectivity index (χ1n) is 6.17. The number of nitrogens with zero attached hydrogens (tertiary/aromatic N) is 1. The van der Waals surface area contributed by atoms with Crippen LogP contribution in [0.4, 0.5) is 0 Å². The summed E-state index contributed by atoms with van der Waals surface area (Å²) in [5, 5.41) is 4.66. The number of aromatic nitrogens is 1. The third kappa shape index (κ3) is 3.63. The van der Waals surface area contributed by atoms with E-state index in [0.29, 0.717) is 11.4 Å². The standard InChI is InChI=1S/C13H17N3O2S2/c1-10(11-3-5-15-6-4-11)16-20(17,18)13-7-12(8-14-2)19-9-13/h3-7,9-10,14,16H,8H2,1-2H3. The van der Waals surface area contributed by atoms with Gasteiger partial charge in [-0.25, -0.2) is 13.1 Å². The molecule has 2 aromatic heterocycles. The Morgan fingerprint density at radius 2 is 2.05 bits per heavy atom. The second kappa shape index (κ2) is 6.45. The van der Waals surface area contributed by atoms with Crippen LogP contribution in [0.25, 0.3) is 0 Å². The predicted molar refractivity (Wildman–Crippen MR) is 80.1 cm³/mol. The molecule has 5 nitrogen and oxygen atoms in total. The van der Waals surface area contributed by atoms with E-state index in [1.54, 1.807) is 36.0 Å². The third-order valence-corrected chi connectivity index (χ3v) is 5.44. The smallest absolute Gasteiger partial charge is 0.241 e. The Hall–Kier alpha value is -1.28. The summed E-state index contributed by atoms with van der Waals surface area (Å²) >= 11 is 1.43. The first-order valence-corrected chi connectivity index (χ1v) is 8.53. The monoisotopic (exact) mass is 311 g/mol. The molecule has 0 aliphatic heterocycles. The lowest BCUT2D eigenvalue weighted by Crippen LogP contribution is -2.26. The summed E-state index contributed by atoms with van der Waals surface area (Å²) in [7, 11) is -1.66. The van der Waals surface area contributed by atoms with Crippen LogP contribution in [0.2, 0.25) is 0 Å². The van der Waals surface area contributed by atoms with E-state index in [2.05, 4.69) is 15.0 Å². The molecule has 0 saturated heterocycles. The van der Waals surface area contributed by atoms with Gasteiger partial charge in [0.1, 0.15) is 0 Å². The zero-order valence-electron chi connectivity index (χ0n) is 11.3. The highest BCUT2D eigenvalue weighted by Gasteiger charge is 2.19. The second-order valence-electron chi connectivity index (χ2n) is 4.40. The first kappa shape index (κ1) is 15.1. The molecule has 0 aliphatic rings. The Balaban J connectivity index is 2.14. The van der Waals surface area contributed by atoms with Gasteiger partial charge in [-0.05, 0) is 37.7 Å². The highest BCUT2D eigenvalue weighted by atomic mass is 32.2. The number of thiophene rings is 1. The minimum absolute atomic E-state index is 0.296. The van der Waals surface area contributed by atoms with Gasteiger partial charge in [-0.15, -0.1) is 11.3 Å². The van der Waals surface area contributed by atoms with E-state index in [0.717, 1.165) is 10.4 Å². The summed E-state index contributed by atoms with van der Waals surface area (Å²) < 4.78 is 27.3. The Labute approximate surface area is 123 Å². The third-order valence-electron chi connectivity index (χ3n) is 2.83. The first-order chi connectivity index (χ1) is 9.53. The lowest BCUT2D eigenvalue weighted by Gasteiger charge is -2.13. The van der Waals surface area contributed by atoms with Gasteiger partial charge in [0.05, 0.1) is 4.90 Å². The molecule has 0 saturated carbocycles. The number of hydrogen-bond donors (Lipinski definition) is 2. The van der Waals surface area contributed by atoms with Crippen LogP contribution < -0.4 is 10.0 Å². The summed E-state index contributed by atoms with van der Waals surface area (Å²) in [4.78, 5) is 5.23. The molecule has 0 radical (unpaired) electrons. The van der Waals surface area contributed by atoms with Crippen molar-refractivity contribution in [2.24, 2.45) is 0 Å². The zero-order chi connectivity index (χ0) is 14.6. The van der Waals surface area contributed by atoms with E-state index in [-0.39, 0.29) is 6.04 Å². The molecule has 108 valence electrons. The Morgan fingerprint density at radius 1 is 1.35 bits per heavy atom. The summed E-state index contributed by atoms with van der Waals surface area (Å²) in [6, 6.07) is 5.00. The molecule has 0 fully saturated rings. The van der Waals surface area contributed by atoms with E-state index in [9.17, 15) is 8.42 Å². The van der Waals surface area contributed by atoms with Crippen molar-refractivity contribution in [1.29, 1.82) is 0 Å². The fourth-order valence-corrected chi connectivity index (χ4v) is 4.31. The molecule has 1 unspecified atom stereocenters. The quantitative estimate of drug-likeness (QED) is 0.855. The van der Waals surface area contributed by atoms with Gasteiger partial charge in [0.25, 0.3) is 0 Å². The SMILES string of the molecule is CNCc1cc(S(=O)(=O)NC(C)c2ccncc2)cs1. The molecule has 2 N–H and O–H groups in total. The van der Waals surface area contributed by atoms with Gasteiger partial charge in [-0.1, -0.05) is 0 Å². The topological polar surface area (TPSA) is 71.1 Å². The van der Waals surface area contributed by atoms with Gasteiger partial charge in [0.2, 0.25) is 10.0 Å². The van der Waals surface area contributed by atoms with Crippen molar-refractivity contribution < 1.29 is 8.42 Å². The maximum atomic E-state index is 12.3. The average Bonchev–Trinajstić information content (AvgIpc) is 2.89. The van der Waals surface area contributed by atoms with Crippen molar-refractivity contribution in [3.63, 3.8) is 0 Å². The number of pyridine rings is 1. The van der Waals surface area contributed by atoms with E-state index >= 15 is 0 Å². The van der Waals surface area contributed by atoms with Gasteiger partial charge in [0, 0.05) is 35.2 Å². The summed E-state index contributed by atoms with van der Waals surface area (Å²) in [5.41, 5.74) is 0.884. The fraction of sp³-hybridized carbons (Fsp3) is 0.308. The lowest BCUT2D eigenvalue weighted by atomic mass is 10.1. The molecule has 2 heterocycles. The highest BCUT2D eigenvalue weighted by molar-refractivity contribution is 7.89. The molecule has 0 aliphatic carbocycles. The maximum Gasteiger partial charge on any atom is 0.241 e. The van der Waals surface area contributed by atoms with Crippen LogP contribution in [0, 0.1) is 0 Å². The molecule has 2 rings (SSSR count). The van der Waals surface area contributed by atoms with Crippen molar-refractivity contribution >= 4 is 21.4 Å². The van der Waals surface area contributed by atoms with Crippen molar-refractivity contribution in [1.82, 2.24) is 15.0 Å². The number of nitrogens with one attached hydrogen (secondary N) is 2. The Morgan fingerprint density at radius 3 is 2.70 bits per heavy atom. The molecule has 0 amide bonds. The van der Waals surface area contributed by atoms with Crippen LogP contribution in [0.3, 0.4) is 0 Å². The minimum Gasteiger partial charge on any atom is -0.315 e. The highest BCUT2D eigenvalue weighted by Crippen LogP contribution is 2.21. The van der Waals surface area contributed by atoms with Gasteiger partial charge >= 0.3 is 0 Å². The fourth-order valence-electron chi connectivity index (χ4n) is 1.79. The average molecular weight is 311 g/mol. The van der Waals surface area contributed by atoms with Gasteiger partial charge in [0.15, 0.2) is 0 Å². The molecule has 2 aromatic rings. The lowest BCUT2D eigenvalue weighted by molar-refractivity contribution is 0.567. The van der Waals surface area contributed by atoms with Crippen LogP contribution in [0.15, 0.2) is 40.9 Å². The zero-order valence-corrected chi connectivity index (χ0v) is 13.0. The van der Waals surface area contributed by atoms with Crippen molar-refractivity contribution in [2.45, 2.75) is 24.4 Å². The summed E-state index contributed by atoms with van der Waals surface area (Å²) in [6.07, 6.45) is 3.30. The molecule has 1 atom stereocenters. The van der Waals surface area contributed by atoms with E-state index in [4.69, 9.17) is 0 Å². The van der Waals surface area contributed by atoms with Crippen LogP contribution in [0.5, 0.6) is 0 Å². The van der Waals surface area contributed by atoms with Crippen LogP contribution >= 0.6 is 11.3 Å². The molecule has 0 aromatic carbocycles. The number of rotatable bonds is 6. The van der Waals surface area contributed by atoms with Crippen LogP contribution in [-0.2, 0) is 16.6 Å². The van der Waals surface area contributed by atoms with Crippen LogP contribution in [-0.4, -0.2) is 20.4 Å². The van der Waals surface area contributed by atoms with Gasteiger partial charge in [-0.2, -0.15) is 0 Å². The molecule has 0 spiro atoms. The molecule has 0 bridgehead atoms. The summed E-state index contributed by atoms with van der Waals surface area (Å²) in [6.45, 7) is 2.48. The van der Waals surface area contributed by atoms with Crippen molar-refractivity contribution in [3.05, 3.63) is 46.4 Å². The summed E-state index contributed by atoms with van der Waals surface area (Å²) in [5.74, 6) is 0. The number of sulfonamides is 1. The molecular weight excluding hydrogens is 294 g/mol. The Bertz CT molecular complexity index is 653. The molecule has 20 heavy (non-hydrogen) atoms. The largest absolute Gasteiger partial charge is 0.315 e. The minimum atomic E-state index is -3.49. The van der Waals surface area contributed by atoms with E-state index < -0.39 is 10.0 Å². The van der Waals surface area contributed by atoms with E-state index in [1.807, 2.05) is 14.0 Å². The maximum absolute atomic E-state index is 12.3. The van der Waals surface area contributed by atoms with Gasteiger partial charge < -0.3 is 5.32 Å². The second-order valence-corrected chi connectivity index (χ2v) is 7.11. The Kier molecular flexibility index (Phi) is 4.87. The van der Waals surface area contributed by atoms with Crippen molar-refractivity contribution in [2.75, 3.05) is 7.05 Å². The van der Waals surface area contributed by atoms with Gasteiger partial charge in [-0.3, -0.25) is 4.98 Å². The predicted octanol–water partition coefficient (Wildman–Crippen LogP) is 1.90.